The Kier molecular flexibility index (Phi) is 5.60. The molecule has 0 amide bonds. The predicted molar refractivity (Wildman–Crippen MR) is 81.9 cm³/mol. The van der Waals surface area contributed by atoms with Gasteiger partial charge < -0.3 is 5.32 Å². The smallest absolute Gasteiger partial charge is 0.319 e. The number of benzene rings is 1. The van der Waals surface area contributed by atoms with Crippen molar-refractivity contribution in [2.45, 2.75) is 23.9 Å². The summed E-state index contributed by atoms with van der Waals surface area (Å²) < 4.78 is 64.6. The molecule has 1 aromatic rings. The molecule has 23 heavy (non-hydrogen) atoms. The standard InChI is InChI=1S/C14H18ClF3N2O2S/c1-19-8-10-3-2-6-20(9-10)23(21,22)13-5-4-11(7-12(13)15)14(16,17)18/h4-5,7,10,19H,2-3,6,8-9H2,1H3/t10-/m0/s1. The minimum Gasteiger partial charge on any atom is -0.319 e. The predicted octanol–water partition coefficient (Wildman–Crippen LogP) is 2.98. The molecule has 2 rings (SSSR count). The molecular weight excluding hydrogens is 353 g/mol. The van der Waals surface area contributed by atoms with Gasteiger partial charge in [0.15, 0.2) is 0 Å². The zero-order valence-corrected chi connectivity index (χ0v) is 14.1. The number of halogens is 4. The van der Waals surface area contributed by atoms with Gasteiger partial charge in [-0.05, 0) is 50.6 Å². The molecule has 1 saturated heterocycles. The zero-order valence-electron chi connectivity index (χ0n) is 12.5. The Hall–Kier alpha value is -0.830. The van der Waals surface area contributed by atoms with Gasteiger partial charge in [0.05, 0.1) is 10.6 Å². The first-order valence-corrected chi connectivity index (χ1v) is 8.99. The van der Waals surface area contributed by atoms with Crippen molar-refractivity contribution >= 4 is 21.6 Å². The summed E-state index contributed by atoms with van der Waals surface area (Å²) in [4.78, 5) is -0.280. The fourth-order valence-electron chi connectivity index (χ4n) is 2.73. The van der Waals surface area contributed by atoms with Crippen molar-refractivity contribution in [3.05, 3.63) is 28.8 Å². The molecule has 1 atom stereocenters. The van der Waals surface area contributed by atoms with Gasteiger partial charge in [-0.25, -0.2) is 8.42 Å². The Balaban J connectivity index is 2.29. The third kappa shape index (κ3) is 4.17. The first-order valence-electron chi connectivity index (χ1n) is 7.17. The molecule has 1 aliphatic heterocycles. The van der Waals surface area contributed by atoms with Crippen molar-refractivity contribution in [3.8, 4) is 0 Å². The lowest BCUT2D eigenvalue weighted by Crippen LogP contribution is -2.42. The molecular formula is C14H18ClF3N2O2S. The van der Waals surface area contributed by atoms with E-state index in [-0.39, 0.29) is 10.8 Å². The van der Waals surface area contributed by atoms with Crippen molar-refractivity contribution in [3.63, 3.8) is 0 Å². The maximum atomic E-state index is 12.7. The highest BCUT2D eigenvalue weighted by atomic mass is 35.5. The Morgan fingerprint density at radius 2 is 2.09 bits per heavy atom. The van der Waals surface area contributed by atoms with E-state index in [0.717, 1.165) is 18.6 Å². The SMILES string of the molecule is CNC[C@@H]1CCCN(S(=O)(=O)c2ccc(C(F)(F)F)cc2Cl)C1. The quantitative estimate of drug-likeness (QED) is 0.886. The van der Waals surface area contributed by atoms with E-state index in [4.69, 9.17) is 11.6 Å². The lowest BCUT2D eigenvalue weighted by Gasteiger charge is -2.32. The molecule has 9 heteroatoms. The Bertz CT molecular complexity index is 662. The Labute approximate surface area is 138 Å². The lowest BCUT2D eigenvalue weighted by molar-refractivity contribution is -0.137. The zero-order chi connectivity index (χ0) is 17.3. The molecule has 1 fully saturated rings. The van der Waals surface area contributed by atoms with Crippen LogP contribution in [-0.2, 0) is 16.2 Å². The van der Waals surface area contributed by atoms with E-state index in [1.54, 1.807) is 7.05 Å². The number of hydrogen-bond donors (Lipinski definition) is 1. The molecule has 4 nitrogen and oxygen atoms in total. The summed E-state index contributed by atoms with van der Waals surface area (Å²) in [6.07, 6.45) is -2.94. The van der Waals surface area contributed by atoms with Crippen LogP contribution in [0, 0.1) is 5.92 Å². The van der Waals surface area contributed by atoms with Gasteiger partial charge in [0, 0.05) is 13.1 Å². The van der Waals surface area contributed by atoms with Gasteiger partial charge in [-0.1, -0.05) is 11.6 Å². The summed E-state index contributed by atoms with van der Waals surface area (Å²) in [5.74, 6) is 0.178. The third-order valence-electron chi connectivity index (χ3n) is 3.85. The van der Waals surface area contributed by atoms with Gasteiger partial charge in [-0.3, -0.25) is 0 Å². The molecule has 0 spiro atoms. The number of sulfonamides is 1. The van der Waals surface area contributed by atoms with Crippen LogP contribution in [0.4, 0.5) is 13.2 Å². The van der Waals surface area contributed by atoms with Gasteiger partial charge >= 0.3 is 6.18 Å². The molecule has 0 radical (unpaired) electrons. The van der Waals surface area contributed by atoms with E-state index >= 15 is 0 Å². The average Bonchev–Trinajstić information content (AvgIpc) is 2.46. The Morgan fingerprint density at radius 1 is 1.39 bits per heavy atom. The molecule has 0 saturated carbocycles. The largest absolute Gasteiger partial charge is 0.416 e. The molecule has 1 aliphatic rings. The van der Waals surface area contributed by atoms with Gasteiger partial charge in [0.1, 0.15) is 4.90 Å². The fourth-order valence-corrected chi connectivity index (χ4v) is 4.80. The maximum absolute atomic E-state index is 12.7. The van der Waals surface area contributed by atoms with E-state index in [1.165, 1.54) is 4.31 Å². The fraction of sp³-hybridized carbons (Fsp3) is 0.571. The number of alkyl halides is 3. The summed E-state index contributed by atoms with van der Waals surface area (Å²) in [7, 11) is -2.11. The van der Waals surface area contributed by atoms with Crippen molar-refractivity contribution in [2.75, 3.05) is 26.7 Å². The number of hydrogen-bond acceptors (Lipinski definition) is 3. The summed E-state index contributed by atoms with van der Waals surface area (Å²) >= 11 is 5.82. The highest BCUT2D eigenvalue weighted by Gasteiger charge is 2.34. The molecule has 1 aromatic carbocycles. The van der Waals surface area contributed by atoms with Crippen LogP contribution in [0.5, 0.6) is 0 Å². The molecule has 130 valence electrons. The molecule has 1 heterocycles. The summed E-state index contributed by atoms with van der Waals surface area (Å²) in [6, 6.07) is 2.33. The first kappa shape index (κ1) is 18.5. The van der Waals surface area contributed by atoms with Crippen LogP contribution >= 0.6 is 11.6 Å². The second kappa shape index (κ2) is 6.96. The van der Waals surface area contributed by atoms with E-state index in [9.17, 15) is 21.6 Å². The monoisotopic (exact) mass is 370 g/mol. The van der Waals surface area contributed by atoms with E-state index in [0.29, 0.717) is 32.1 Å². The minimum absolute atomic E-state index is 0.178. The highest BCUT2D eigenvalue weighted by Crippen LogP contribution is 2.35. The average molecular weight is 371 g/mol. The van der Waals surface area contributed by atoms with Crippen molar-refractivity contribution in [1.82, 2.24) is 9.62 Å². The first-order chi connectivity index (χ1) is 10.7. The van der Waals surface area contributed by atoms with Gasteiger partial charge in [0.2, 0.25) is 10.0 Å². The summed E-state index contributed by atoms with van der Waals surface area (Å²) in [6.45, 7) is 1.37. The van der Waals surface area contributed by atoms with Crippen LogP contribution in [-0.4, -0.2) is 39.4 Å². The van der Waals surface area contributed by atoms with Crippen molar-refractivity contribution in [1.29, 1.82) is 0 Å². The van der Waals surface area contributed by atoms with Gasteiger partial charge in [-0.15, -0.1) is 0 Å². The van der Waals surface area contributed by atoms with Crippen molar-refractivity contribution < 1.29 is 21.6 Å². The molecule has 0 aliphatic carbocycles. The lowest BCUT2D eigenvalue weighted by atomic mass is 10.00. The van der Waals surface area contributed by atoms with Crippen LogP contribution in [0.25, 0.3) is 0 Å². The van der Waals surface area contributed by atoms with E-state index in [1.807, 2.05) is 0 Å². The van der Waals surface area contributed by atoms with Crippen molar-refractivity contribution in [2.24, 2.45) is 5.92 Å². The van der Waals surface area contributed by atoms with Crippen LogP contribution in [0.3, 0.4) is 0 Å². The van der Waals surface area contributed by atoms with Gasteiger partial charge in [0.25, 0.3) is 0 Å². The van der Waals surface area contributed by atoms with Gasteiger partial charge in [-0.2, -0.15) is 17.5 Å². The molecule has 1 N–H and O–H groups in total. The molecule has 0 bridgehead atoms. The number of nitrogens with zero attached hydrogens (tertiary/aromatic N) is 1. The normalized spacial score (nSPS) is 20.7. The van der Waals surface area contributed by atoms with Crippen LogP contribution in [0.1, 0.15) is 18.4 Å². The topological polar surface area (TPSA) is 49.4 Å². The second-order valence-corrected chi connectivity index (χ2v) is 7.89. The number of nitrogens with one attached hydrogen (secondary N) is 1. The second-order valence-electron chi connectivity index (χ2n) is 5.57. The number of piperidine rings is 1. The molecule has 0 unspecified atom stereocenters. The third-order valence-corrected chi connectivity index (χ3v) is 6.20. The minimum atomic E-state index is -4.56. The van der Waals surface area contributed by atoms with E-state index < -0.39 is 26.8 Å². The van der Waals surface area contributed by atoms with Crippen LogP contribution < -0.4 is 5.32 Å². The molecule has 0 aromatic heterocycles. The van der Waals surface area contributed by atoms with Crippen LogP contribution in [0.2, 0.25) is 5.02 Å². The Morgan fingerprint density at radius 3 is 2.65 bits per heavy atom. The summed E-state index contributed by atoms with van der Waals surface area (Å²) in [5, 5.41) is 2.61. The van der Waals surface area contributed by atoms with E-state index in [2.05, 4.69) is 5.32 Å². The number of rotatable bonds is 4. The maximum Gasteiger partial charge on any atom is 0.416 e. The van der Waals surface area contributed by atoms with Crippen LogP contribution in [0.15, 0.2) is 23.1 Å². The highest BCUT2D eigenvalue weighted by molar-refractivity contribution is 7.89. The summed E-state index contributed by atoms with van der Waals surface area (Å²) in [5.41, 5.74) is -0.965.